The van der Waals surface area contributed by atoms with Crippen LogP contribution in [0.5, 0.6) is 0 Å². The maximum atomic E-state index is 10.4. The van der Waals surface area contributed by atoms with Crippen molar-refractivity contribution in [1.82, 2.24) is 5.32 Å². The number of nitriles is 1. The van der Waals surface area contributed by atoms with Crippen molar-refractivity contribution in [3.05, 3.63) is 11.6 Å². The Kier molecular flexibility index (Phi) is 1.04. The highest BCUT2D eigenvalue weighted by Gasteiger charge is 2.19. The number of hydrogen-bond donors (Lipinski definition) is 1. The molecule has 4 heteroatoms. The highest BCUT2D eigenvalue weighted by atomic mass is 16.2. The van der Waals surface area contributed by atoms with Crippen molar-refractivity contribution in [2.75, 3.05) is 0 Å². The Hall–Kier alpha value is -1.63. The minimum atomic E-state index is -0.609. The summed E-state index contributed by atoms with van der Waals surface area (Å²) in [5.74, 6) is -1.13. The molecular weight excluding hydrogens is 120 g/mol. The van der Waals surface area contributed by atoms with Crippen LogP contribution < -0.4 is 5.32 Å². The molecule has 1 aliphatic rings. The average Bonchev–Trinajstić information content (AvgIpc) is 2.10. The van der Waals surface area contributed by atoms with E-state index in [9.17, 15) is 9.59 Å². The fraction of sp³-hybridized carbons (Fsp3) is 0. The minimum absolute atomic E-state index is 0.125. The Morgan fingerprint density at radius 2 is 2.22 bits per heavy atom. The molecule has 0 unspecified atom stereocenters. The van der Waals surface area contributed by atoms with Crippen LogP contribution >= 0.6 is 0 Å². The van der Waals surface area contributed by atoms with E-state index in [1.165, 1.54) is 0 Å². The monoisotopic (exact) mass is 122 g/mol. The zero-order valence-corrected chi connectivity index (χ0v) is 4.34. The molecule has 0 aromatic rings. The Morgan fingerprint density at radius 3 is 2.44 bits per heavy atom. The first-order valence-electron chi connectivity index (χ1n) is 2.21. The van der Waals surface area contributed by atoms with Gasteiger partial charge in [-0.1, -0.05) is 0 Å². The molecule has 1 rings (SSSR count). The molecule has 0 spiro atoms. The van der Waals surface area contributed by atoms with Crippen molar-refractivity contribution in [2.24, 2.45) is 0 Å². The molecule has 0 aromatic carbocycles. The fourth-order valence-electron chi connectivity index (χ4n) is 0.495. The normalized spacial score (nSPS) is 16.6. The van der Waals surface area contributed by atoms with Gasteiger partial charge in [0.05, 0.1) is 0 Å². The molecule has 2 amide bonds. The largest absolute Gasteiger partial charge is 0.288 e. The lowest BCUT2D eigenvalue weighted by atomic mass is 10.3. The summed E-state index contributed by atoms with van der Waals surface area (Å²) in [6.45, 7) is 0. The van der Waals surface area contributed by atoms with E-state index in [-0.39, 0.29) is 5.57 Å². The van der Waals surface area contributed by atoms with E-state index in [0.29, 0.717) is 0 Å². The van der Waals surface area contributed by atoms with Crippen molar-refractivity contribution in [3.63, 3.8) is 0 Å². The van der Waals surface area contributed by atoms with E-state index in [0.717, 1.165) is 6.08 Å². The van der Waals surface area contributed by atoms with Crippen molar-refractivity contribution in [2.45, 2.75) is 0 Å². The Balaban J connectivity index is 2.97. The van der Waals surface area contributed by atoms with Gasteiger partial charge in [0.1, 0.15) is 11.6 Å². The summed E-state index contributed by atoms with van der Waals surface area (Å²) in [6, 6.07) is 1.57. The van der Waals surface area contributed by atoms with Gasteiger partial charge in [-0.3, -0.25) is 14.9 Å². The number of carbonyl (C=O) groups excluding carboxylic acids is 2. The zero-order valence-electron chi connectivity index (χ0n) is 4.34. The summed E-state index contributed by atoms with van der Waals surface area (Å²) in [5.41, 5.74) is -0.125. The Labute approximate surface area is 50.8 Å². The molecule has 0 radical (unpaired) electrons. The fourth-order valence-corrected chi connectivity index (χ4v) is 0.495. The second kappa shape index (κ2) is 1.71. The molecule has 44 valence electrons. The zero-order chi connectivity index (χ0) is 6.85. The molecule has 0 aliphatic carbocycles. The first-order valence-corrected chi connectivity index (χ1v) is 2.21. The third kappa shape index (κ3) is 0.795. The molecule has 0 saturated carbocycles. The number of nitrogens with one attached hydrogen (secondary N) is 1. The van der Waals surface area contributed by atoms with E-state index in [1.54, 1.807) is 6.07 Å². The molecule has 0 saturated heterocycles. The molecule has 0 fully saturated rings. The number of rotatable bonds is 0. The molecule has 1 heterocycles. The average molecular weight is 122 g/mol. The van der Waals surface area contributed by atoms with Crippen LogP contribution in [0.25, 0.3) is 0 Å². The summed E-state index contributed by atoms with van der Waals surface area (Å²) >= 11 is 0. The molecule has 1 N–H and O–H groups in total. The van der Waals surface area contributed by atoms with Crippen LogP contribution in [0.4, 0.5) is 0 Å². The lowest BCUT2D eigenvalue weighted by Crippen LogP contribution is -2.21. The van der Waals surface area contributed by atoms with Crippen LogP contribution in [0, 0.1) is 11.3 Å². The van der Waals surface area contributed by atoms with Crippen molar-refractivity contribution >= 4 is 11.8 Å². The van der Waals surface area contributed by atoms with Gasteiger partial charge in [0.2, 0.25) is 0 Å². The van der Waals surface area contributed by atoms with Gasteiger partial charge in [-0.05, 0) is 0 Å². The molecule has 9 heavy (non-hydrogen) atoms. The lowest BCUT2D eigenvalue weighted by molar-refractivity contribution is -0.123. The van der Waals surface area contributed by atoms with Crippen molar-refractivity contribution in [1.29, 1.82) is 5.26 Å². The van der Waals surface area contributed by atoms with Crippen LogP contribution in [-0.2, 0) is 9.59 Å². The maximum absolute atomic E-state index is 10.4. The first kappa shape index (κ1) is 5.51. The number of carbonyl (C=O) groups is 2. The highest BCUT2D eigenvalue weighted by molar-refractivity contribution is 6.18. The van der Waals surface area contributed by atoms with Gasteiger partial charge < -0.3 is 0 Å². The predicted octanol–water partition coefficient (Wildman–Crippen LogP) is -0.907. The smallest absolute Gasteiger partial charge is 0.268 e. The molecule has 0 aromatic heterocycles. The molecule has 4 nitrogen and oxygen atoms in total. The maximum Gasteiger partial charge on any atom is 0.268 e. The summed E-state index contributed by atoms with van der Waals surface area (Å²) in [6.07, 6.45) is 0.975. The summed E-state index contributed by atoms with van der Waals surface area (Å²) < 4.78 is 0. The summed E-state index contributed by atoms with van der Waals surface area (Å²) in [5, 5.41) is 10.0. The lowest BCUT2D eigenvalue weighted by Gasteiger charge is -1.82. The topological polar surface area (TPSA) is 70.0 Å². The van der Waals surface area contributed by atoms with Gasteiger partial charge in [0.15, 0.2) is 0 Å². The van der Waals surface area contributed by atoms with Crippen molar-refractivity contribution < 1.29 is 9.59 Å². The van der Waals surface area contributed by atoms with Crippen LogP contribution in [0.1, 0.15) is 0 Å². The highest BCUT2D eigenvalue weighted by Crippen LogP contribution is 1.98. The SMILES string of the molecule is N#CC1=CC(=O)NC1=O. The third-order valence-corrected chi connectivity index (χ3v) is 0.877. The van der Waals surface area contributed by atoms with Gasteiger partial charge in [-0.15, -0.1) is 0 Å². The minimum Gasteiger partial charge on any atom is -0.288 e. The summed E-state index contributed by atoms with van der Waals surface area (Å²) in [4.78, 5) is 20.7. The Bertz CT molecular complexity index is 246. The van der Waals surface area contributed by atoms with Crippen LogP contribution in [0.15, 0.2) is 11.6 Å². The standard InChI is InChI=1S/C5H2N2O2/c6-2-3-1-4(8)7-5(3)9/h1H,(H,7,8,9). The Morgan fingerprint density at radius 1 is 1.56 bits per heavy atom. The van der Waals surface area contributed by atoms with Gasteiger partial charge in [0.25, 0.3) is 11.8 Å². The van der Waals surface area contributed by atoms with E-state index >= 15 is 0 Å². The number of hydrogen-bond acceptors (Lipinski definition) is 3. The van der Waals surface area contributed by atoms with Crippen LogP contribution in [0.2, 0.25) is 0 Å². The van der Waals surface area contributed by atoms with Crippen LogP contribution in [-0.4, -0.2) is 11.8 Å². The second-order valence-corrected chi connectivity index (χ2v) is 1.49. The number of imide groups is 1. The van der Waals surface area contributed by atoms with E-state index in [4.69, 9.17) is 5.26 Å². The van der Waals surface area contributed by atoms with E-state index < -0.39 is 11.8 Å². The van der Waals surface area contributed by atoms with E-state index in [2.05, 4.69) is 0 Å². The molecule has 0 bridgehead atoms. The molecule has 1 aliphatic heterocycles. The predicted molar refractivity (Wildman–Crippen MR) is 26.8 cm³/mol. The van der Waals surface area contributed by atoms with Gasteiger partial charge in [0, 0.05) is 6.08 Å². The first-order chi connectivity index (χ1) is 4.24. The quantitative estimate of drug-likeness (QED) is 0.423. The molecular formula is C5H2N2O2. The summed E-state index contributed by atoms with van der Waals surface area (Å²) in [7, 11) is 0. The van der Waals surface area contributed by atoms with Crippen molar-refractivity contribution in [3.8, 4) is 6.07 Å². The second-order valence-electron chi connectivity index (χ2n) is 1.49. The van der Waals surface area contributed by atoms with E-state index in [1.807, 2.05) is 5.32 Å². The molecule has 0 atom stereocenters. The van der Waals surface area contributed by atoms with Crippen LogP contribution in [0.3, 0.4) is 0 Å². The number of amides is 2. The number of nitrogens with zero attached hydrogens (tertiary/aromatic N) is 1. The third-order valence-electron chi connectivity index (χ3n) is 0.877. The van der Waals surface area contributed by atoms with Gasteiger partial charge in [-0.2, -0.15) is 5.26 Å². The van der Waals surface area contributed by atoms with Gasteiger partial charge >= 0.3 is 0 Å². The van der Waals surface area contributed by atoms with Gasteiger partial charge in [-0.25, -0.2) is 0 Å².